The van der Waals surface area contributed by atoms with Crippen molar-refractivity contribution in [3.05, 3.63) is 24.3 Å². The molecular weight excluding hydrogens is 224 g/mol. The molecule has 86 valence electrons. The van der Waals surface area contributed by atoms with E-state index in [1.54, 1.807) is 6.92 Å². The van der Waals surface area contributed by atoms with Crippen LogP contribution in [0.4, 0.5) is 0 Å². The van der Waals surface area contributed by atoms with Gasteiger partial charge in [0.05, 0.1) is 16.1 Å². The first-order valence-corrected chi connectivity index (χ1v) is 5.28. The highest BCUT2D eigenvalue weighted by atomic mass is 32.1. The van der Waals surface area contributed by atoms with Crippen LogP contribution in [0.1, 0.15) is 30.6 Å². The van der Waals surface area contributed by atoms with Crippen LogP contribution in [0.25, 0.3) is 0 Å². The van der Waals surface area contributed by atoms with Crippen molar-refractivity contribution in [3.63, 3.8) is 0 Å². The molecule has 0 aromatic carbocycles. The van der Waals surface area contributed by atoms with Crippen LogP contribution >= 0.6 is 12.2 Å². The molecule has 0 aliphatic rings. The zero-order chi connectivity index (χ0) is 12.2. The second kappa shape index (κ2) is 4.98. The summed E-state index contributed by atoms with van der Waals surface area (Å²) < 4.78 is 0. The van der Waals surface area contributed by atoms with Crippen LogP contribution in [-0.4, -0.2) is 26.4 Å². The van der Waals surface area contributed by atoms with Gasteiger partial charge in [0.25, 0.3) is 5.91 Å². The van der Waals surface area contributed by atoms with Gasteiger partial charge >= 0.3 is 0 Å². The standard InChI is InChI=1S/C10H14N4OS/c1-3-10(2,9(11)16)14-8(15)7-4-12-6-13-5-7/h4-6H,3H2,1-2H3,(H2,11,16)(H,14,15). The van der Waals surface area contributed by atoms with Crippen molar-refractivity contribution in [2.75, 3.05) is 0 Å². The number of aromatic nitrogens is 2. The number of amides is 1. The summed E-state index contributed by atoms with van der Waals surface area (Å²) in [6.07, 6.45) is 4.88. The predicted octanol–water partition coefficient (Wildman–Crippen LogP) is 0.661. The zero-order valence-corrected chi connectivity index (χ0v) is 10.0. The summed E-state index contributed by atoms with van der Waals surface area (Å²) in [7, 11) is 0. The summed E-state index contributed by atoms with van der Waals surface area (Å²) in [5, 5.41) is 2.77. The van der Waals surface area contributed by atoms with E-state index in [1.165, 1.54) is 18.7 Å². The monoisotopic (exact) mass is 238 g/mol. The van der Waals surface area contributed by atoms with E-state index in [0.717, 1.165) is 0 Å². The highest BCUT2D eigenvalue weighted by molar-refractivity contribution is 7.80. The maximum Gasteiger partial charge on any atom is 0.255 e. The van der Waals surface area contributed by atoms with Gasteiger partial charge in [-0.2, -0.15) is 0 Å². The Balaban J connectivity index is 2.82. The van der Waals surface area contributed by atoms with E-state index in [0.29, 0.717) is 12.0 Å². The van der Waals surface area contributed by atoms with Gasteiger partial charge in [0.15, 0.2) is 0 Å². The molecule has 0 bridgehead atoms. The molecule has 0 saturated carbocycles. The summed E-state index contributed by atoms with van der Waals surface area (Å²) in [4.78, 5) is 19.6. The van der Waals surface area contributed by atoms with Gasteiger partial charge in [-0.1, -0.05) is 19.1 Å². The second-order valence-corrected chi connectivity index (χ2v) is 4.07. The normalized spacial score (nSPS) is 13.9. The Hall–Kier alpha value is -1.56. The number of hydrogen-bond acceptors (Lipinski definition) is 4. The van der Waals surface area contributed by atoms with Crippen LogP contribution in [0, 0.1) is 0 Å². The first-order chi connectivity index (χ1) is 7.49. The van der Waals surface area contributed by atoms with Crippen molar-refractivity contribution in [1.29, 1.82) is 0 Å². The largest absolute Gasteiger partial charge is 0.391 e. The molecular formula is C10H14N4OS. The first-order valence-electron chi connectivity index (χ1n) is 4.87. The number of hydrogen-bond donors (Lipinski definition) is 2. The summed E-state index contributed by atoms with van der Waals surface area (Å²) in [6, 6.07) is 0. The van der Waals surface area contributed by atoms with E-state index in [2.05, 4.69) is 15.3 Å². The Labute approximate surface area is 99.5 Å². The molecule has 1 unspecified atom stereocenters. The number of nitrogens with one attached hydrogen (secondary N) is 1. The number of carbonyl (C=O) groups is 1. The van der Waals surface area contributed by atoms with Crippen molar-refractivity contribution in [2.24, 2.45) is 5.73 Å². The maximum absolute atomic E-state index is 11.8. The number of nitrogens with zero attached hydrogens (tertiary/aromatic N) is 2. The highest BCUT2D eigenvalue weighted by Crippen LogP contribution is 2.10. The van der Waals surface area contributed by atoms with Gasteiger partial charge in [0.1, 0.15) is 6.33 Å². The van der Waals surface area contributed by atoms with Gasteiger partial charge in [-0.25, -0.2) is 9.97 Å². The Morgan fingerprint density at radius 3 is 2.56 bits per heavy atom. The van der Waals surface area contributed by atoms with Crippen LogP contribution < -0.4 is 11.1 Å². The smallest absolute Gasteiger partial charge is 0.255 e. The van der Waals surface area contributed by atoms with Gasteiger partial charge in [0.2, 0.25) is 0 Å². The molecule has 0 radical (unpaired) electrons. The van der Waals surface area contributed by atoms with Crippen molar-refractivity contribution < 1.29 is 4.79 Å². The topological polar surface area (TPSA) is 80.9 Å². The van der Waals surface area contributed by atoms with Crippen molar-refractivity contribution >= 4 is 23.1 Å². The van der Waals surface area contributed by atoms with Crippen LogP contribution in [0.2, 0.25) is 0 Å². The van der Waals surface area contributed by atoms with Crippen molar-refractivity contribution in [3.8, 4) is 0 Å². The zero-order valence-electron chi connectivity index (χ0n) is 9.23. The number of rotatable bonds is 4. The number of nitrogens with two attached hydrogens (primary N) is 1. The SMILES string of the molecule is CCC(C)(NC(=O)c1cncnc1)C(N)=S. The van der Waals surface area contributed by atoms with E-state index in [9.17, 15) is 4.79 Å². The molecule has 6 heteroatoms. The number of carbonyl (C=O) groups excluding carboxylic acids is 1. The Bertz CT molecular complexity index is 395. The van der Waals surface area contributed by atoms with E-state index >= 15 is 0 Å². The summed E-state index contributed by atoms with van der Waals surface area (Å²) in [5.74, 6) is -0.280. The third-order valence-corrected chi connectivity index (χ3v) is 2.91. The third kappa shape index (κ3) is 2.73. The van der Waals surface area contributed by atoms with Crippen LogP contribution in [-0.2, 0) is 0 Å². The van der Waals surface area contributed by atoms with E-state index in [1.807, 2.05) is 6.92 Å². The molecule has 0 aliphatic carbocycles. The molecule has 3 N–H and O–H groups in total. The molecule has 0 aliphatic heterocycles. The van der Waals surface area contributed by atoms with Gasteiger partial charge in [-0.3, -0.25) is 4.79 Å². The molecule has 1 rings (SSSR count). The quantitative estimate of drug-likeness (QED) is 0.753. The molecule has 0 saturated heterocycles. The summed E-state index contributed by atoms with van der Waals surface area (Å²) in [6.45, 7) is 3.69. The summed E-state index contributed by atoms with van der Waals surface area (Å²) >= 11 is 4.93. The Kier molecular flexibility index (Phi) is 3.89. The minimum Gasteiger partial charge on any atom is -0.391 e. The highest BCUT2D eigenvalue weighted by Gasteiger charge is 2.27. The van der Waals surface area contributed by atoms with Gasteiger partial charge in [-0.15, -0.1) is 0 Å². The molecule has 1 atom stereocenters. The van der Waals surface area contributed by atoms with Gasteiger partial charge < -0.3 is 11.1 Å². The molecule has 16 heavy (non-hydrogen) atoms. The molecule has 1 aromatic rings. The lowest BCUT2D eigenvalue weighted by atomic mass is 9.98. The minimum absolute atomic E-state index is 0.264. The molecule has 1 heterocycles. The molecule has 1 aromatic heterocycles. The predicted molar refractivity (Wildman–Crippen MR) is 65.0 cm³/mol. The third-order valence-electron chi connectivity index (χ3n) is 2.46. The lowest BCUT2D eigenvalue weighted by molar-refractivity contribution is 0.0926. The lowest BCUT2D eigenvalue weighted by Crippen LogP contribution is -2.54. The lowest BCUT2D eigenvalue weighted by Gasteiger charge is -2.28. The minimum atomic E-state index is -0.678. The Morgan fingerprint density at radius 1 is 1.56 bits per heavy atom. The first kappa shape index (κ1) is 12.5. The fourth-order valence-corrected chi connectivity index (χ4v) is 1.26. The maximum atomic E-state index is 11.8. The summed E-state index contributed by atoms with van der Waals surface area (Å²) in [5.41, 5.74) is 5.30. The second-order valence-electron chi connectivity index (χ2n) is 3.63. The van der Waals surface area contributed by atoms with Gasteiger partial charge in [-0.05, 0) is 13.3 Å². The van der Waals surface area contributed by atoms with Crippen LogP contribution in [0.3, 0.4) is 0 Å². The Morgan fingerprint density at radius 2 is 2.12 bits per heavy atom. The molecule has 0 spiro atoms. The number of thiocarbonyl (C=S) groups is 1. The van der Waals surface area contributed by atoms with E-state index in [4.69, 9.17) is 18.0 Å². The average molecular weight is 238 g/mol. The van der Waals surface area contributed by atoms with Crippen LogP contribution in [0.15, 0.2) is 18.7 Å². The van der Waals surface area contributed by atoms with Crippen molar-refractivity contribution in [1.82, 2.24) is 15.3 Å². The van der Waals surface area contributed by atoms with Gasteiger partial charge in [0, 0.05) is 12.4 Å². The molecule has 1 amide bonds. The average Bonchev–Trinajstić information content (AvgIpc) is 2.29. The molecule has 5 nitrogen and oxygen atoms in total. The van der Waals surface area contributed by atoms with E-state index < -0.39 is 5.54 Å². The fourth-order valence-electron chi connectivity index (χ4n) is 1.06. The van der Waals surface area contributed by atoms with E-state index in [-0.39, 0.29) is 10.9 Å². The fraction of sp³-hybridized carbons (Fsp3) is 0.400. The van der Waals surface area contributed by atoms with Crippen LogP contribution in [0.5, 0.6) is 0 Å². The molecule has 0 fully saturated rings. The van der Waals surface area contributed by atoms with Crippen molar-refractivity contribution in [2.45, 2.75) is 25.8 Å².